The molecule has 0 fully saturated rings. The number of hydrogen-bond donors (Lipinski definition) is 3. The summed E-state index contributed by atoms with van der Waals surface area (Å²) in [6.07, 6.45) is -0.765. The topological polar surface area (TPSA) is 90.4 Å². The zero-order chi connectivity index (χ0) is 11.9. The number of halogens is 1. The van der Waals surface area contributed by atoms with Crippen LogP contribution in [0.4, 0.5) is 15.4 Å². The van der Waals surface area contributed by atoms with Gasteiger partial charge in [-0.2, -0.15) is 0 Å². The summed E-state index contributed by atoms with van der Waals surface area (Å²) in [6.45, 7) is -0.390. The van der Waals surface area contributed by atoms with Crippen molar-refractivity contribution < 1.29 is 8.99 Å². The Morgan fingerprint density at radius 3 is 2.81 bits per heavy atom. The molecule has 2 rings (SSSR count). The third kappa shape index (κ3) is 1.39. The first kappa shape index (κ1) is 11.0. The fourth-order valence-corrected chi connectivity index (χ4v) is 2.01. The molecule has 2 heterocycles. The van der Waals surface area contributed by atoms with E-state index in [0.717, 1.165) is 8.87 Å². The summed E-state index contributed by atoms with van der Waals surface area (Å²) >= 11 is -0.188. The van der Waals surface area contributed by atoms with Gasteiger partial charge in [-0.1, -0.05) is 0 Å². The molecule has 88 valence electrons. The fourth-order valence-electron chi connectivity index (χ4n) is 1.55. The predicted molar refractivity (Wildman–Crippen MR) is 58.0 cm³/mol. The number of nitrogens with zero attached hydrogens (tertiary/aromatic N) is 2. The van der Waals surface area contributed by atoms with Crippen molar-refractivity contribution in [3.8, 4) is 0 Å². The molecule has 16 heavy (non-hydrogen) atoms. The number of aromatic amines is 1. The Balaban J connectivity index is 2.66. The molecule has 0 aromatic carbocycles. The molecule has 0 aliphatic carbocycles. The molecule has 7 nitrogen and oxygen atoms in total. The zero-order valence-electron chi connectivity index (χ0n) is 8.23. The van der Waals surface area contributed by atoms with Crippen LogP contribution in [0.1, 0.15) is 0 Å². The normalized spacial score (nSPS) is 18.4. The molecule has 1 aliphatic heterocycles. The average molecular weight is 248 g/mol. The van der Waals surface area contributed by atoms with Crippen LogP contribution in [0.25, 0.3) is 0 Å². The van der Waals surface area contributed by atoms with Crippen molar-refractivity contribution >= 4 is 23.8 Å². The Morgan fingerprint density at radius 1 is 1.56 bits per heavy atom. The van der Waals surface area contributed by atoms with E-state index in [1.165, 1.54) is 7.05 Å². The molecule has 0 bridgehead atoms. The molecule has 1 aromatic heterocycles. The highest BCUT2D eigenvalue weighted by Crippen LogP contribution is 2.34. The lowest BCUT2D eigenvalue weighted by atomic mass is 10.5. The number of nitrogens with one attached hydrogen (secondary N) is 2. The first-order valence-corrected chi connectivity index (χ1v) is 5.06. The van der Waals surface area contributed by atoms with Crippen LogP contribution < -0.4 is 20.9 Å². The minimum absolute atomic E-state index is 0.00588. The molecule has 0 amide bonds. The lowest BCUT2D eigenvalue weighted by molar-refractivity contribution is 0.281. The van der Waals surface area contributed by atoms with Gasteiger partial charge in [0.15, 0.2) is 18.0 Å². The minimum Gasteiger partial charge on any atom is -0.392 e. The highest BCUT2D eigenvalue weighted by Gasteiger charge is 2.34. The van der Waals surface area contributed by atoms with E-state index < -0.39 is 17.4 Å². The van der Waals surface area contributed by atoms with Crippen LogP contribution in [0.3, 0.4) is 0 Å². The SMILES string of the molecule is Cn1c2c(c(=O)[nH]c1=O)N(SF)C(CO)N2. The number of aromatic nitrogens is 2. The Kier molecular flexibility index (Phi) is 2.64. The van der Waals surface area contributed by atoms with Crippen LogP contribution >= 0.6 is 12.3 Å². The second-order valence-corrected chi connectivity index (χ2v) is 3.78. The van der Waals surface area contributed by atoms with Gasteiger partial charge in [0.2, 0.25) is 0 Å². The van der Waals surface area contributed by atoms with Crippen LogP contribution in [0.2, 0.25) is 0 Å². The van der Waals surface area contributed by atoms with Gasteiger partial charge in [-0.3, -0.25) is 18.7 Å². The maximum Gasteiger partial charge on any atom is 0.329 e. The van der Waals surface area contributed by atoms with Gasteiger partial charge >= 0.3 is 5.69 Å². The molecule has 0 saturated heterocycles. The van der Waals surface area contributed by atoms with Crippen molar-refractivity contribution in [1.29, 1.82) is 0 Å². The van der Waals surface area contributed by atoms with E-state index in [0.29, 0.717) is 0 Å². The molecule has 0 spiro atoms. The smallest absolute Gasteiger partial charge is 0.329 e. The van der Waals surface area contributed by atoms with E-state index in [1.54, 1.807) is 0 Å². The van der Waals surface area contributed by atoms with E-state index >= 15 is 0 Å². The Hall–Kier alpha value is -1.48. The van der Waals surface area contributed by atoms with Crippen LogP contribution in [0.5, 0.6) is 0 Å². The van der Waals surface area contributed by atoms with Gasteiger partial charge in [0.25, 0.3) is 5.56 Å². The van der Waals surface area contributed by atoms with Crippen LogP contribution in [0, 0.1) is 0 Å². The van der Waals surface area contributed by atoms with Gasteiger partial charge in [-0.15, -0.1) is 3.89 Å². The maximum atomic E-state index is 12.7. The van der Waals surface area contributed by atoms with Crippen LogP contribution in [-0.2, 0) is 7.05 Å². The fraction of sp³-hybridized carbons (Fsp3) is 0.429. The van der Waals surface area contributed by atoms with Gasteiger partial charge in [0.1, 0.15) is 12.0 Å². The largest absolute Gasteiger partial charge is 0.392 e. The summed E-state index contributed by atoms with van der Waals surface area (Å²) < 4.78 is 14.8. The van der Waals surface area contributed by atoms with Gasteiger partial charge in [0, 0.05) is 7.05 Å². The third-order valence-electron chi connectivity index (χ3n) is 2.35. The third-order valence-corrected chi connectivity index (χ3v) is 2.94. The standard InChI is InChI=1S/C7H9FN4O3S/c1-11-5-4(6(14)10-7(11)15)12(16-8)3(2-13)9-5/h3,9,13H,2H2,1H3,(H,10,14,15). The molecule has 9 heteroatoms. The van der Waals surface area contributed by atoms with E-state index in [2.05, 4.69) is 10.3 Å². The second kappa shape index (κ2) is 3.83. The molecule has 1 unspecified atom stereocenters. The maximum absolute atomic E-state index is 12.7. The minimum atomic E-state index is -0.765. The van der Waals surface area contributed by atoms with Gasteiger partial charge < -0.3 is 10.4 Å². The number of hydrogen-bond acceptors (Lipinski definition) is 6. The molecule has 0 saturated carbocycles. The number of rotatable bonds is 2. The molecular weight excluding hydrogens is 239 g/mol. The van der Waals surface area contributed by atoms with Crippen molar-refractivity contribution in [2.45, 2.75) is 6.17 Å². The predicted octanol–water partition coefficient (Wildman–Crippen LogP) is -0.843. The summed E-state index contributed by atoms with van der Waals surface area (Å²) in [5.41, 5.74) is -1.29. The lowest BCUT2D eigenvalue weighted by Gasteiger charge is -2.17. The number of aliphatic hydroxyl groups excluding tert-OH is 1. The summed E-state index contributed by atoms with van der Waals surface area (Å²) in [4.78, 5) is 24.8. The summed E-state index contributed by atoms with van der Waals surface area (Å²) in [5, 5.41) is 11.7. The summed E-state index contributed by atoms with van der Waals surface area (Å²) in [5.74, 6) is 0.193. The highest BCUT2D eigenvalue weighted by atomic mass is 32.2. The van der Waals surface area contributed by atoms with Crippen molar-refractivity contribution in [3.63, 3.8) is 0 Å². The van der Waals surface area contributed by atoms with E-state index in [4.69, 9.17) is 5.11 Å². The van der Waals surface area contributed by atoms with Gasteiger partial charge in [-0.05, 0) is 0 Å². The molecule has 1 aromatic rings. The Labute approximate surface area is 93.3 Å². The van der Waals surface area contributed by atoms with Crippen LogP contribution in [-0.4, -0.2) is 27.4 Å². The van der Waals surface area contributed by atoms with Crippen molar-refractivity contribution in [2.24, 2.45) is 7.05 Å². The molecule has 1 aliphatic rings. The van der Waals surface area contributed by atoms with Crippen LogP contribution in [0.15, 0.2) is 9.59 Å². The highest BCUT2D eigenvalue weighted by molar-refractivity contribution is 7.95. The van der Waals surface area contributed by atoms with E-state index in [1.807, 2.05) is 0 Å². The molecule has 1 atom stereocenters. The van der Waals surface area contributed by atoms with Crippen molar-refractivity contribution in [1.82, 2.24) is 9.55 Å². The number of H-pyrrole nitrogens is 1. The van der Waals surface area contributed by atoms with Gasteiger partial charge in [-0.25, -0.2) is 4.79 Å². The average Bonchev–Trinajstić information content (AvgIpc) is 2.64. The quantitative estimate of drug-likeness (QED) is 0.591. The molecule has 0 radical (unpaired) electrons. The van der Waals surface area contributed by atoms with E-state index in [9.17, 15) is 13.5 Å². The Morgan fingerprint density at radius 2 is 2.25 bits per heavy atom. The zero-order valence-corrected chi connectivity index (χ0v) is 9.05. The van der Waals surface area contributed by atoms with E-state index in [-0.39, 0.29) is 30.4 Å². The molecule has 3 N–H and O–H groups in total. The monoisotopic (exact) mass is 248 g/mol. The number of aliphatic hydroxyl groups is 1. The summed E-state index contributed by atoms with van der Waals surface area (Å²) in [7, 11) is 1.44. The van der Waals surface area contributed by atoms with Crippen molar-refractivity contribution in [2.75, 3.05) is 16.2 Å². The second-order valence-electron chi connectivity index (χ2n) is 3.25. The lowest BCUT2D eigenvalue weighted by Crippen LogP contribution is -2.34. The van der Waals surface area contributed by atoms with Gasteiger partial charge in [0.05, 0.1) is 6.61 Å². The molecular formula is C7H9FN4O3S. The Bertz CT molecular complexity index is 527. The number of fused-ring (bicyclic) bond motifs is 1. The number of anilines is 2. The summed E-state index contributed by atoms with van der Waals surface area (Å²) in [6, 6.07) is 0. The first-order chi connectivity index (χ1) is 7.60. The van der Waals surface area contributed by atoms with Crippen molar-refractivity contribution in [3.05, 3.63) is 20.8 Å². The first-order valence-electron chi connectivity index (χ1n) is 4.38.